The van der Waals surface area contributed by atoms with E-state index in [0.717, 1.165) is 20.3 Å². The minimum atomic E-state index is -0.0635. The first kappa shape index (κ1) is 15.3. The minimum absolute atomic E-state index is 0.0635. The molecular formula is C14H14Br2N2O2. The van der Waals surface area contributed by atoms with Crippen molar-refractivity contribution < 1.29 is 9.47 Å². The molecule has 0 saturated heterocycles. The standard InChI is InChI=1S/C14H14Br2N2O2/c1-8(17)9-3-4-18-14(5-9)20-13-7-10(15)12(19-2)6-11(13)16/h3-8H,17H2,1-2H3/t8-/m1/s1. The van der Waals surface area contributed by atoms with Gasteiger partial charge in [0.05, 0.1) is 16.1 Å². The summed E-state index contributed by atoms with van der Waals surface area (Å²) in [6.07, 6.45) is 1.68. The Balaban J connectivity index is 2.30. The molecule has 0 aliphatic heterocycles. The number of nitrogens with zero attached hydrogens (tertiary/aromatic N) is 1. The van der Waals surface area contributed by atoms with Gasteiger partial charge in [-0.25, -0.2) is 4.98 Å². The Morgan fingerprint density at radius 2 is 1.80 bits per heavy atom. The number of halogens is 2. The van der Waals surface area contributed by atoms with Crippen LogP contribution in [0, 0.1) is 0 Å². The maximum absolute atomic E-state index is 5.85. The van der Waals surface area contributed by atoms with Crippen molar-refractivity contribution >= 4 is 31.9 Å². The van der Waals surface area contributed by atoms with Crippen molar-refractivity contribution in [2.45, 2.75) is 13.0 Å². The smallest absolute Gasteiger partial charge is 0.219 e. The monoisotopic (exact) mass is 400 g/mol. The summed E-state index contributed by atoms with van der Waals surface area (Å²) < 4.78 is 12.6. The van der Waals surface area contributed by atoms with E-state index < -0.39 is 0 Å². The van der Waals surface area contributed by atoms with Crippen molar-refractivity contribution in [3.8, 4) is 17.4 Å². The van der Waals surface area contributed by atoms with Crippen molar-refractivity contribution in [3.63, 3.8) is 0 Å². The van der Waals surface area contributed by atoms with Gasteiger partial charge in [-0.3, -0.25) is 0 Å². The van der Waals surface area contributed by atoms with Crippen molar-refractivity contribution in [3.05, 3.63) is 45.0 Å². The Hall–Kier alpha value is -1.11. The number of methoxy groups -OCH3 is 1. The van der Waals surface area contributed by atoms with Crippen LogP contribution in [-0.4, -0.2) is 12.1 Å². The van der Waals surface area contributed by atoms with Crippen molar-refractivity contribution in [2.75, 3.05) is 7.11 Å². The fraction of sp³-hybridized carbons (Fsp3) is 0.214. The Labute approximate surface area is 134 Å². The van der Waals surface area contributed by atoms with E-state index >= 15 is 0 Å². The number of benzene rings is 1. The lowest BCUT2D eigenvalue weighted by atomic mass is 10.1. The zero-order valence-electron chi connectivity index (χ0n) is 11.1. The third-order valence-electron chi connectivity index (χ3n) is 2.71. The highest BCUT2D eigenvalue weighted by Crippen LogP contribution is 2.37. The van der Waals surface area contributed by atoms with Crippen molar-refractivity contribution in [2.24, 2.45) is 5.73 Å². The maximum Gasteiger partial charge on any atom is 0.219 e. The van der Waals surface area contributed by atoms with Gasteiger partial charge in [-0.2, -0.15) is 0 Å². The zero-order chi connectivity index (χ0) is 14.7. The first-order valence-electron chi connectivity index (χ1n) is 5.93. The van der Waals surface area contributed by atoms with Crippen LogP contribution in [0.25, 0.3) is 0 Å². The first-order chi connectivity index (χ1) is 9.51. The maximum atomic E-state index is 5.85. The molecular weight excluding hydrogens is 388 g/mol. The average Bonchev–Trinajstić information content (AvgIpc) is 2.42. The van der Waals surface area contributed by atoms with Gasteiger partial charge >= 0.3 is 0 Å². The van der Waals surface area contributed by atoms with E-state index in [1.807, 2.05) is 31.2 Å². The third-order valence-corrected chi connectivity index (χ3v) is 3.94. The molecule has 0 saturated carbocycles. The molecule has 1 aromatic heterocycles. The Morgan fingerprint density at radius 3 is 2.45 bits per heavy atom. The summed E-state index contributed by atoms with van der Waals surface area (Å²) in [4.78, 5) is 4.19. The van der Waals surface area contributed by atoms with E-state index in [0.29, 0.717) is 11.6 Å². The minimum Gasteiger partial charge on any atom is -0.496 e. The van der Waals surface area contributed by atoms with Crippen LogP contribution in [0.15, 0.2) is 39.4 Å². The number of hydrogen-bond donors (Lipinski definition) is 1. The number of hydrogen-bond acceptors (Lipinski definition) is 4. The van der Waals surface area contributed by atoms with Gasteiger partial charge in [0.15, 0.2) is 0 Å². The molecule has 0 amide bonds. The predicted molar refractivity (Wildman–Crippen MR) is 85.3 cm³/mol. The van der Waals surface area contributed by atoms with E-state index in [2.05, 4.69) is 36.8 Å². The highest BCUT2D eigenvalue weighted by molar-refractivity contribution is 9.11. The molecule has 0 spiro atoms. The van der Waals surface area contributed by atoms with Crippen LogP contribution in [0.4, 0.5) is 0 Å². The summed E-state index contributed by atoms with van der Waals surface area (Å²) in [6.45, 7) is 1.92. The van der Waals surface area contributed by atoms with Gasteiger partial charge < -0.3 is 15.2 Å². The van der Waals surface area contributed by atoms with Gasteiger partial charge in [0.2, 0.25) is 5.88 Å². The van der Waals surface area contributed by atoms with Gasteiger partial charge in [-0.15, -0.1) is 0 Å². The van der Waals surface area contributed by atoms with E-state index in [9.17, 15) is 0 Å². The molecule has 4 nitrogen and oxygen atoms in total. The molecule has 0 aliphatic rings. The second-order valence-electron chi connectivity index (χ2n) is 4.24. The molecule has 0 fully saturated rings. The van der Waals surface area contributed by atoms with Crippen LogP contribution >= 0.6 is 31.9 Å². The number of ether oxygens (including phenoxy) is 2. The van der Waals surface area contributed by atoms with Gasteiger partial charge in [0.25, 0.3) is 0 Å². The van der Waals surface area contributed by atoms with E-state index in [4.69, 9.17) is 15.2 Å². The predicted octanol–water partition coefficient (Wildman–Crippen LogP) is 4.43. The van der Waals surface area contributed by atoms with Crippen LogP contribution in [-0.2, 0) is 0 Å². The Kier molecular flexibility index (Phi) is 5.01. The summed E-state index contributed by atoms with van der Waals surface area (Å²) in [7, 11) is 1.61. The first-order valence-corrected chi connectivity index (χ1v) is 7.52. The largest absolute Gasteiger partial charge is 0.496 e. The third kappa shape index (κ3) is 3.50. The SMILES string of the molecule is COc1cc(Br)c(Oc2cc([C@@H](C)N)ccn2)cc1Br. The molecule has 1 atom stereocenters. The molecule has 1 heterocycles. The van der Waals surface area contributed by atoms with E-state index in [-0.39, 0.29) is 6.04 Å². The summed E-state index contributed by atoms with van der Waals surface area (Å²) in [5.41, 5.74) is 6.82. The fourth-order valence-electron chi connectivity index (χ4n) is 1.62. The van der Waals surface area contributed by atoms with Gasteiger partial charge in [0.1, 0.15) is 11.5 Å². The van der Waals surface area contributed by atoms with Crippen LogP contribution in [0.1, 0.15) is 18.5 Å². The summed E-state index contributed by atoms with van der Waals surface area (Å²) in [5.74, 6) is 1.87. The Bertz CT molecular complexity index is 618. The lowest BCUT2D eigenvalue weighted by Crippen LogP contribution is -2.05. The molecule has 20 heavy (non-hydrogen) atoms. The lowest BCUT2D eigenvalue weighted by Gasteiger charge is -2.11. The van der Waals surface area contributed by atoms with Crippen molar-refractivity contribution in [1.82, 2.24) is 4.98 Å². The quantitative estimate of drug-likeness (QED) is 0.823. The highest BCUT2D eigenvalue weighted by atomic mass is 79.9. The topological polar surface area (TPSA) is 57.4 Å². The van der Waals surface area contributed by atoms with Gasteiger partial charge in [-0.1, -0.05) is 0 Å². The summed E-state index contributed by atoms with van der Waals surface area (Å²) in [5, 5.41) is 0. The molecule has 0 bridgehead atoms. The van der Waals surface area contributed by atoms with Crippen LogP contribution in [0.2, 0.25) is 0 Å². The van der Waals surface area contributed by atoms with Gasteiger partial charge in [0, 0.05) is 18.3 Å². The second kappa shape index (κ2) is 6.56. The molecule has 2 aromatic rings. The summed E-state index contributed by atoms with van der Waals surface area (Å²) in [6, 6.07) is 7.29. The molecule has 0 radical (unpaired) electrons. The molecule has 0 unspecified atom stereocenters. The van der Waals surface area contributed by atoms with E-state index in [1.54, 1.807) is 13.3 Å². The number of nitrogens with two attached hydrogens (primary N) is 1. The second-order valence-corrected chi connectivity index (χ2v) is 5.94. The van der Waals surface area contributed by atoms with Crippen LogP contribution in [0.5, 0.6) is 17.4 Å². The van der Waals surface area contributed by atoms with Crippen LogP contribution < -0.4 is 15.2 Å². The molecule has 1 aromatic carbocycles. The number of pyridine rings is 1. The molecule has 0 aliphatic carbocycles. The average molecular weight is 402 g/mol. The molecule has 6 heteroatoms. The van der Waals surface area contributed by atoms with Crippen molar-refractivity contribution in [1.29, 1.82) is 0 Å². The Morgan fingerprint density at radius 1 is 1.15 bits per heavy atom. The normalized spacial score (nSPS) is 12.1. The van der Waals surface area contributed by atoms with Gasteiger partial charge in [-0.05, 0) is 62.5 Å². The lowest BCUT2D eigenvalue weighted by molar-refractivity contribution is 0.408. The fourth-order valence-corrected chi connectivity index (χ4v) is 2.51. The number of aromatic nitrogens is 1. The van der Waals surface area contributed by atoms with E-state index in [1.165, 1.54) is 0 Å². The summed E-state index contributed by atoms with van der Waals surface area (Å²) >= 11 is 6.88. The molecule has 106 valence electrons. The highest BCUT2D eigenvalue weighted by Gasteiger charge is 2.10. The number of rotatable bonds is 4. The molecule has 2 N–H and O–H groups in total. The zero-order valence-corrected chi connectivity index (χ0v) is 14.2. The molecule has 2 rings (SSSR count). The van der Waals surface area contributed by atoms with Crippen LogP contribution in [0.3, 0.4) is 0 Å².